The van der Waals surface area contributed by atoms with E-state index in [1.54, 1.807) is 0 Å². The molecule has 0 unspecified atom stereocenters. The lowest BCUT2D eigenvalue weighted by Gasteiger charge is -2.30. The number of nitrogens with zero attached hydrogens (tertiary/aromatic N) is 2. The van der Waals surface area contributed by atoms with E-state index in [1.165, 1.54) is 37.8 Å². The fourth-order valence-electron chi connectivity index (χ4n) is 2.80. The lowest BCUT2D eigenvalue weighted by molar-refractivity contribution is 0.330. The highest BCUT2D eigenvalue weighted by Crippen LogP contribution is 2.30. The fourth-order valence-corrected chi connectivity index (χ4v) is 2.80. The number of rotatable bonds is 4. The first kappa shape index (κ1) is 13.2. The zero-order valence-corrected chi connectivity index (χ0v) is 11.8. The van der Waals surface area contributed by atoms with Crippen LogP contribution >= 0.6 is 0 Å². The molecule has 1 aliphatic rings. The topological polar surface area (TPSA) is 28.2 Å². The first-order valence-electron chi connectivity index (χ1n) is 7.09. The van der Waals surface area contributed by atoms with Crippen LogP contribution in [0.3, 0.4) is 0 Å². The van der Waals surface area contributed by atoms with E-state index in [-0.39, 0.29) is 0 Å². The van der Waals surface area contributed by atoms with Crippen LogP contribution in [0.25, 0.3) is 0 Å². The number of nitrogens with one attached hydrogen (secondary N) is 1. The Morgan fingerprint density at radius 1 is 1.28 bits per heavy atom. The summed E-state index contributed by atoms with van der Waals surface area (Å²) in [6, 6.07) is 4.76. The molecule has 3 heteroatoms. The minimum Gasteiger partial charge on any atom is -0.379 e. The average Bonchev–Trinajstić information content (AvgIpc) is 2.40. The number of hydrogen-bond donors (Lipinski definition) is 1. The summed E-state index contributed by atoms with van der Waals surface area (Å²) in [6.45, 7) is 2.31. The van der Waals surface area contributed by atoms with Crippen molar-refractivity contribution in [3.05, 3.63) is 18.3 Å². The monoisotopic (exact) mass is 247 g/mol. The molecule has 0 aromatic carbocycles. The summed E-state index contributed by atoms with van der Waals surface area (Å²) in [4.78, 5) is 6.51. The lowest BCUT2D eigenvalue weighted by atomic mass is 9.84. The molecule has 0 radical (unpaired) electrons. The largest absolute Gasteiger partial charge is 0.379 e. The Labute approximate surface area is 111 Å². The zero-order valence-electron chi connectivity index (χ0n) is 11.8. The highest BCUT2D eigenvalue weighted by Gasteiger charge is 2.20. The van der Waals surface area contributed by atoms with E-state index < -0.39 is 0 Å². The molecule has 0 atom stereocenters. The van der Waals surface area contributed by atoms with E-state index >= 15 is 0 Å². The molecule has 0 bridgehead atoms. The molecular weight excluding hydrogens is 222 g/mol. The van der Waals surface area contributed by atoms with Crippen molar-refractivity contribution < 1.29 is 0 Å². The van der Waals surface area contributed by atoms with E-state index in [9.17, 15) is 0 Å². The minimum atomic E-state index is 0.621. The Balaban J connectivity index is 1.98. The molecule has 1 N–H and O–H groups in total. The molecular formula is C15H25N3. The van der Waals surface area contributed by atoms with Crippen molar-refractivity contribution in [1.29, 1.82) is 0 Å². The third-order valence-corrected chi connectivity index (χ3v) is 3.99. The summed E-state index contributed by atoms with van der Waals surface area (Å²) >= 11 is 0. The second kappa shape index (κ2) is 6.07. The maximum absolute atomic E-state index is 4.44. The standard InChI is InChI=1S/C15H25N3/c1-4-12-7-9-13(10-8-12)17-14-6-5-11-16-15(14)18(2)3/h5-6,11-13,17H,4,7-10H2,1-3H3. The van der Waals surface area contributed by atoms with Gasteiger partial charge in [-0.1, -0.05) is 13.3 Å². The van der Waals surface area contributed by atoms with Crippen molar-refractivity contribution in [2.75, 3.05) is 24.3 Å². The number of anilines is 2. The fraction of sp³-hybridized carbons (Fsp3) is 0.667. The van der Waals surface area contributed by atoms with Gasteiger partial charge in [0.2, 0.25) is 0 Å². The van der Waals surface area contributed by atoms with Crippen LogP contribution < -0.4 is 10.2 Å². The summed E-state index contributed by atoms with van der Waals surface area (Å²) in [5.74, 6) is 1.99. The second-order valence-corrected chi connectivity index (χ2v) is 5.54. The van der Waals surface area contributed by atoms with Gasteiger partial charge in [-0.05, 0) is 43.7 Å². The SMILES string of the molecule is CCC1CCC(Nc2cccnc2N(C)C)CC1. The van der Waals surface area contributed by atoms with Gasteiger partial charge < -0.3 is 10.2 Å². The maximum atomic E-state index is 4.44. The van der Waals surface area contributed by atoms with Crippen LogP contribution in [0, 0.1) is 5.92 Å². The van der Waals surface area contributed by atoms with Gasteiger partial charge >= 0.3 is 0 Å². The molecule has 1 heterocycles. The third kappa shape index (κ3) is 3.15. The van der Waals surface area contributed by atoms with Gasteiger partial charge in [0, 0.05) is 26.3 Å². The van der Waals surface area contributed by atoms with E-state index in [1.807, 2.05) is 26.4 Å². The van der Waals surface area contributed by atoms with Gasteiger partial charge in [0.05, 0.1) is 5.69 Å². The molecule has 0 saturated heterocycles. The quantitative estimate of drug-likeness (QED) is 0.882. The summed E-state index contributed by atoms with van der Waals surface area (Å²) < 4.78 is 0. The van der Waals surface area contributed by atoms with Gasteiger partial charge in [0.1, 0.15) is 0 Å². The summed E-state index contributed by atoms with van der Waals surface area (Å²) in [5.41, 5.74) is 1.17. The molecule has 0 aliphatic heterocycles. The number of hydrogen-bond acceptors (Lipinski definition) is 3. The van der Waals surface area contributed by atoms with Crippen LogP contribution in [0.4, 0.5) is 11.5 Å². The summed E-state index contributed by atoms with van der Waals surface area (Å²) in [7, 11) is 4.09. The van der Waals surface area contributed by atoms with Crippen LogP contribution in [-0.4, -0.2) is 25.1 Å². The first-order valence-corrected chi connectivity index (χ1v) is 7.09. The minimum absolute atomic E-state index is 0.621. The van der Waals surface area contributed by atoms with Crippen molar-refractivity contribution in [2.45, 2.75) is 45.1 Å². The molecule has 18 heavy (non-hydrogen) atoms. The molecule has 3 nitrogen and oxygen atoms in total. The Morgan fingerprint density at radius 3 is 2.61 bits per heavy atom. The predicted octanol–water partition coefficient (Wildman–Crippen LogP) is 3.53. The molecule has 1 fully saturated rings. The van der Waals surface area contributed by atoms with Crippen LogP contribution in [0.2, 0.25) is 0 Å². The molecule has 1 aromatic rings. The van der Waals surface area contributed by atoms with Gasteiger partial charge in [-0.3, -0.25) is 0 Å². The van der Waals surface area contributed by atoms with E-state index in [2.05, 4.69) is 28.2 Å². The Kier molecular flexibility index (Phi) is 4.45. The van der Waals surface area contributed by atoms with Crippen LogP contribution in [-0.2, 0) is 0 Å². The predicted molar refractivity (Wildman–Crippen MR) is 78.2 cm³/mol. The van der Waals surface area contributed by atoms with Gasteiger partial charge in [0.25, 0.3) is 0 Å². The number of aromatic nitrogens is 1. The Morgan fingerprint density at radius 2 is 2.00 bits per heavy atom. The molecule has 0 amide bonds. The van der Waals surface area contributed by atoms with Crippen molar-refractivity contribution in [3.63, 3.8) is 0 Å². The molecule has 0 spiro atoms. The maximum Gasteiger partial charge on any atom is 0.151 e. The van der Waals surface area contributed by atoms with Gasteiger partial charge in [-0.15, -0.1) is 0 Å². The van der Waals surface area contributed by atoms with E-state index in [0.717, 1.165) is 11.7 Å². The Bertz CT molecular complexity index is 368. The zero-order chi connectivity index (χ0) is 13.0. The molecule has 2 rings (SSSR count). The molecule has 1 aliphatic carbocycles. The van der Waals surface area contributed by atoms with Crippen molar-refractivity contribution >= 4 is 11.5 Å². The summed E-state index contributed by atoms with van der Waals surface area (Å²) in [5, 5.41) is 3.67. The normalized spacial score (nSPS) is 23.7. The lowest BCUT2D eigenvalue weighted by Crippen LogP contribution is -2.27. The highest BCUT2D eigenvalue weighted by atomic mass is 15.2. The highest BCUT2D eigenvalue weighted by molar-refractivity contribution is 5.65. The van der Waals surface area contributed by atoms with E-state index in [0.29, 0.717) is 6.04 Å². The molecule has 100 valence electrons. The van der Waals surface area contributed by atoms with Crippen molar-refractivity contribution in [1.82, 2.24) is 4.98 Å². The summed E-state index contributed by atoms with van der Waals surface area (Å²) in [6.07, 6.45) is 8.51. The molecule has 1 saturated carbocycles. The smallest absolute Gasteiger partial charge is 0.151 e. The molecule has 1 aromatic heterocycles. The van der Waals surface area contributed by atoms with Crippen LogP contribution in [0.5, 0.6) is 0 Å². The van der Waals surface area contributed by atoms with Gasteiger partial charge in [-0.25, -0.2) is 4.98 Å². The first-order chi connectivity index (χ1) is 8.70. The van der Waals surface area contributed by atoms with E-state index in [4.69, 9.17) is 0 Å². The van der Waals surface area contributed by atoms with Crippen molar-refractivity contribution in [2.24, 2.45) is 5.92 Å². The second-order valence-electron chi connectivity index (χ2n) is 5.54. The average molecular weight is 247 g/mol. The van der Waals surface area contributed by atoms with Gasteiger partial charge in [-0.2, -0.15) is 0 Å². The Hall–Kier alpha value is -1.25. The van der Waals surface area contributed by atoms with Crippen molar-refractivity contribution in [3.8, 4) is 0 Å². The van der Waals surface area contributed by atoms with Crippen LogP contribution in [0.15, 0.2) is 18.3 Å². The third-order valence-electron chi connectivity index (χ3n) is 3.99. The van der Waals surface area contributed by atoms with Crippen LogP contribution in [0.1, 0.15) is 39.0 Å². The number of pyridine rings is 1. The van der Waals surface area contributed by atoms with Gasteiger partial charge in [0.15, 0.2) is 5.82 Å².